The van der Waals surface area contributed by atoms with Crippen LogP contribution in [0.25, 0.3) is 33.4 Å². The quantitative estimate of drug-likeness (QED) is 0.541. The fraction of sp³-hybridized carbons (Fsp3) is 0.333. The van der Waals surface area contributed by atoms with Gasteiger partial charge in [0.1, 0.15) is 6.33 Å². The van der Waals surface area contributed by atoms with Crippen LogP contribution in [0.2, 0.25) is 0 Å². The molecule has 0 bridgehead atoms. The SMILES string of the molecule is O=C(C1CC1)N1CCC(Cn2cnnc2-c2ccc(-c3cccc4[nH]ncc34)cc2)C1. The first-order valence-corrected chi connectivity index (χ1v) is 11.0. The first-order valence-electron chi connectivity index (χ1n) is 11.0. The number of H-pyrrole nitrogens is 1. The van der Waals surface area contributed by atoms with Crippen molar-refractivity contribution in [3.8, 4) is 22.5 Å². The summed E-state index contributed by atoms with van der Waals surface area (Å²) in [6.45, 7) is 2.57. The lowest BCUT2D eigenvalue weighted by atomic mass is 10.0. The lowest BCUT2D eigenvalue weighted by Gasteiger charge is -2.17. The van der Waals surface area contributed by atoms with Gasteiger partial charge in [-0.15, -0.1) is 10.2 Å². The summed E-state index contributed by atoms with van der Waals surface area (Å²) in [4.78, 5) is 14.4. The van der Waals surface area contributed by atoms with Crippen molar-refractivity contribution in [2.24, 2.45) is 11.8 Å². The van der Waals surface area contributed by atoms with Crippen LogP contribution in [0, 0.1) is 11.8 Å². The van der Waals surface area contributed by atoms with E-state index in [1.165, 1.54) is 0 Å². The third-order valence-corrected chi connectivity index (χ3v) is 6.53. The van der Waals surface area contributed by atoms with E-state index in [4.69, 9.17) is 0 Å². The Balaban J connectivity index is 1.20. The summed E-state index contributed by atoms with van der Waals surface area (Å²) in [5.41, 5.74) is 4.38. The van der Waals surface area contributed by atoms with Crippen LogP contribution in [0.4, 0.5) is 0 Å². The predicted octanol–water partition coefficient (Wildman–Crippen LogP) is 3.75. The molecule has 7 heteroatoms. The number of hydrogen-bond donors (Lipinski definition) is 1. The van der Waals surface area contributed by atoms with Crippen molar-refractivity contribution in [3.05, 3.63) is 55.0 Å². The standard InChI is InChI=1S/C24H24N6O/c31-24(19-8-9-19)29-11-10-16(13-29)14-30-15-26-28-23(30)18-6-4-17(5-7-18)20-2-1-3-22-21(20)12-25-27-22/h1-7,12,15-16,19H,8-11,13-14H2,(H,25,27). The molecule has 4 aromatic rings. The summed E-state index contributed by atoms with van der Waals surface area (Å²) < 4.78 is 2.13. The van der Waals surface area contributed by atoms with Crippen LogP contribution in [0.15, 0.2) is 55.0 Å². The highest BCUT2D eigenvalue weighted by atomic mass is 16.2. The van der Waals surface area contributed by atoms with Crippen molar-refractivity contribution in [1.29, 1.82) is 0 Å². The normalized spacial score (nSPS) is 18.7. The molecule has 1 unspecified atom stereocenters. The predicted molar refractivity (Wildman–Crippen MR) is 118 cm³/mol. The number of carbonyl (C=O) groups is 1. The fourth-order valence-electron chi connectivity index (χ4n) is 4.68. The summed E-state index contributed by atoms with van der Waals surface area (Å²) in [5.74, 6) is 1.99. The molecule has 156 valence electrons. The molecule has 1 N–H and O–H groups in total. The Hall–Kier alpha value is -3.48. The van der Waals surface area contributed by atoms with Gasteiger partial charge in [-0.1, -0.05) is 36.4 Å². The number of aromatic nitrogens is 5. The minimum atomic E-state index is 0.302. The van der Waals surface area contributed by atoms with E-state index in [2.05, 4.69) is 60.2 Å². The number of amides is 1. The molecular formula is C24H24N6O. The molecule has 2 aliphatic rings. The highest BCUT2D eigenvalue weighted by Crippen LogP contribution is 2.33. The summed E-state index contributed by atoms with van der Waals surface area (Å²) in [6.07, 6.45) is 6.86. The topological polar surface area (TPSA) is 79.7 Å². The van der Waals surface area contributed by atoms with Gasteiger partial charge in [-0.2, -0.15) is 5.10 Å². The van der Waals surface area contributed by atoms with Gasteiger partial charge in [0, 0.05) is 36.5 Å². The van der Waals surface area contributed by atoms with E-state index >= 15 is 0 Å². The zero-order valence-electron chi connectivity index (χ0n) is 17.2. The third-order valence-electron chi connectivity index (χ3n) is 6.53. The van der Waals surface area contributed by atoms with Crippen LogP contribution >= 0.6 is 0 Å². The molecular weight excluding hydrogens is 388 g/mol. The van der Waals surface area contributed by atoms with Crippen molar-refractivity contribution in [3.63, 3.8) is 0 Å². The molecule has 2 aromatic heterocycles. The fourth-order valence-corrected chi connectivity index (χ4v) is 4.68. The highest BCUT2D eigenvalue weighted by molar-refractivity contribution is 5.94. The Morgan fingerprint density at radius 3 is 2.74 bits per heavy atom. The largest absolute Gasteiger partial charge is 0.342 e. The molecule has 1 saturated carbocycles. The molecule has 1 saturated heterocycles. The lowest BCUT2D eigenvalue weighted by molar-refractivity contribution is -0.131. The van der Waals surface area contributed by atoms with Crippen molar-refractivity contribution in [2.75, 3.05) is 13.1 Å². The summed E-state index contributed by atoms with van der Waals surface area (Å²) >= 11 is 0. The summed E-state index contributed by atoms with van der Waals surface area (Å²) in [7, 11) is 0. The van der Waals surface area contributed by atoms with Gasteiger partial charge in [0.05, 0.1) is 11.7 Å². The second kappa shape index (κ2) is 7.34. The van der Waals surface area contributed by atoms with Crippen LogP contribution in [-0.2, 0) is 11.3 Å². The molecule has 3 heterocycles. The van der Waals surface area contributed by atoms with Crippen molar-refractivity contribution >= 4 is 16.8 Å². The van der Waals surface area contributed by atoms with E-state index in [1.54, 1.807) is 6.33 Å². The Kier molecular flexibility index (Phi) is 4.33. The van der Waals surface area contributed by atoms with Crippen LogP contribution < -0.4 is 0 Å². The van der Waals surface area contributed by atoms with Gasteiger partial charge in [0.2, 0.25) is 5.91 Å². The molecule has 2 fully saturated rings. The number of hydrogen-bond acceptors (Lipinski definition) is 4. The average molecular weight is 412 g/mol. The van der Waals surface area contributed by atoms with Crippen LogP contribution in [0.3, 0.4) is 0 Å². The van der Waals surface area contributed by atoms with Gasteiger partial charge in [-0.25, -0.2) is 0 Å². The highest BCUT2D eigenvalue weighted by Gasteiger charge is 2.36. The van der Waals surface area contributed by atoms with E-state index in [9.17, 15) is 4.79 Å². The van der Waals surface area contributed by atoms with Gasteiger partial charge >= 0.3 is 0 Å². The van der Waals surface area contributed by atoms with Crippen molar-refractivity contribution in [1.82, 2.24) is 29.9 Å². The second-order valence-corrected chi connectivity index (χ2v) is 8.73. The Morgan fingerprint density at radius 1 is 1.06 bits per heavy atom. The smallest absolute Gasteiger partial charge is 0.225 e. The monoisotopic (exact) mass is 412 g/mol. The minimum Gasteiger partial charge on any atom is -0.342 e. The summed E-state index contributed by atoms with van der Waals surface area (Å²) in [5, 5.41) is 16.9. The molecule has 7 nitrogen and oxygen atoms in total. The maximum atomic E-state index is 12.3. The molecule has 1 atom stereocenters. The summed E-state index contributed by atoms with van der Waals surface area (Å²) in [6, 6.07) is 14.6. The zero-order chi connectivity index (χ0) is 20.8. The molecule has 6 rings (SSSR count). The number of likely N-dealkylation sites (tertiary alicyclic amines) is 1. The molecule has 31 heavy (non-hydrogen) atoms. The number of benzene rings is 2. The van der Waals surface area contributed by atoms with Gasteiger partial charge in [-0.3, -0.25) is 9.89 Å². The Bertz CT molecular complexity index is 1240. The molecule has 1 aliphatic heterocycles. The van der Waals surface area contributed by atoms with Crippen LogP contribution in [0.5, 0.6) is 0 Å². The molecule has 0 spiro atoms. The van der Waals surface area contributed by atoms with E-state index in [-0.39, 0.29) is 0 Å². The van der Waals surface area contributed by atoms with E-state index in [1.807, 2.05) is 18.3 Å². The molecule has 1 aliphatic carbocycles. The lowest BCUT2D eigenvalue weighted by Crippen LogP contribution is -2.30. The number of fused-ring (bicyclic) bond motifs is 1. The second-order valence-electron chi connectivity index (χ2n) is 8.73. The first kappa shape index (κ1) is 18.3. The minimum absolute atomic E-state index is 0.302. The number of nitrogens with one attached hydrogen (secondary N) is 1. The number of nitrogens with zero attached hydrogens (tertiary/aromatic N) is 5. The van der Waals surface area contributed by atoms with E-state index in [0.717, 1.165) is 72.3 Å². The first-order chi connectivity index (χ1) is 15.3. The number of rotatable bonds is 5. The van der Waals surface area contributed by atoms with Crippen LogP contribution in [0.1, 0.15) is 19.3 Å². The molecule has 2 aromatic carbocycles. The van der Waals surface area contributed by atoms with E-state index < -0.39 is 0 Å². The molecule has 1 amide bonds. The van der Waals surface area contributed by atoms with E-state index in [0.29, 0.717) is 17.7 Å². The number of aromatic amines is 1. The van der Waals surface area contributed by atoms with Gasteiger partial charge in [0.15, 0.2) is 5.82 Å². The van der Waals surface area contributed by atoms with Crippen molar-refractivity contribution < 1.29 is 4.79 Å². The maximum Gasteiger partial charge on any atom is 0.225 e. The average Bonchev–Trinajstić information content (AvgIpc) is 3.17. The van der Waals surface area contributed by atoms with Gasteiger partial charge < -0.3 is 9.47 Å². The van der Waals surface area contributed by atoms with Crippen molar-refractivity contribution in [2.45, 2.75) is 25.8 Å². The van der Waals surface area contributed by atoms with Gasteiger partial charge in [0.25, 0.3) is 0 Å². The Labute approximate surface area is 180 Å². The third kappa shape index (κ3) is 3.40. The van der Waals surface area contributed by atoms with Crippen LogP contribution in [-0.4, -0.2) is 48.9 Å². The molecule has 0 radical (unpaired) electrons. The number of carbonyl (C=O) groups excluding carboxylic acids is 1. The van der Waals surface area contributed by atoms with Gasteiger partial charge in [-0.05, 0) is 42.4 Å². The zero-order valence-corrected chi connectivity index (χ0v) is 17.2. The maximum absolute atomic E-state index is 12.3. The Morgan fingerprint density at radius 2 is 1.90 bits per heavy atom.